The van der Waals surface area contributed by atoms with Gasteiger partial charge in [0.2, 0.25) is 0 Å². The molecule has 0 spiro atoms. The summed E-state index contributed by atoms with van der Waals surface area (Å²) in [6.07, 6.45) is 4.11. The fraction of sp³-hybridized carbons (Fsp3) is 0.148. The fourth-order valence-corrected chi connectivity index (χ4v) is 4.82. The van der Waals surface area contributed by atoms with Gasteiger partial charge in [-0.25, -0.2) is 4.99 Å². The van der Waals surface area contributed by atoms with E-state index in [4.69, 9.17) is 5.26 Å². The third-order valence-electron chi connectivity index (χ3n) is 5.42. The molecule has 0 radical (unpaired) electrons. The maximum absolute atomic E-state index is 9.57. The van der Waals surface area contributed by atoms with Crippen LogP contribution < -0.4 is 5.32 Å². The van der Waals surface area contributed by atoms with Crippen LogP contribution in [0.1, 0.15) is 35.9 Å². The van der Waals surface area contributed by atoms with Crippen molar-refractivity contribution in [3.05, 3.63) is 81.9 Å². The summed E-state index contributed by atoms with van der Waals surface area (Å²) < 4.78 is 0. The van der Waals surface area contributed by atoms with Gasteiger partial charge in [0.1, 0.15) is 29.8 Å². The van der Waals surface area contributed by atoms with Gasteiger partial charge in [-0.3, -0.25) is 0 Å². The molecule has 1 aliphatic rings. The molecule has 0 bridgehead atoms. The van der Waals surface area contributed by atoms with Crippen LogP contribution in [0, 0.1) is 45.3 Å². The Morgan fingerprint density at radius 1 is 1.06 bits per heavy atom. The molecule has 1 aromatic carbocycles. The van der Waals surface area contributed by atoms with Gasteiger partial charge in [-0.1, -0.05) is 30.9 Å². The highest BCUT2D eigenvalue weighted by molar-refractivity contribution is 7.15. The van der Waals surface area contributed by atoms with Crippen molar-refractivity contribution < 1.29 is 0 Å². The van der Waals surface area contributed by atoms with E-state index < -0.39 is 0 Å². The molecule has 0 saturated heterocycles. The van der Waals surface area contributed by atoms with Gasteiger partial charge in [0.25, 0.3) is 0 Å². The Bertz CT molecular complexity index is 1450. The van der Waals surface area contributed by atoms with Crippen LogP contribution in [0.15, 0.2) is 70.9 Å². The lowest BCUT2D eigenvalue weighted by molar-refractivity contribution is 0.726. The van der Waals surface area contributed by atoms with Gasteiger partial charge in [0.05, 0.1) is 17.3 Å². The number of nitriles is 4. The first-order valence-electron chi connectivity index (χ1n) is 10.3. The molecule has 1 unspecified atom stereocenters. The predicted molar refractivity (Wildman–Crippen MR) is 135 cm³/mol. The minimum atomic E-state index is -0.150. The van der Waals surface area contributed by atoms with Crippen LogP contribution in [0.25, 0.3) is 21.6 Å². The summed E-state index contributed by atoms with van der Waals surface area (Å²) in [7, 11) is 1.92. The Balaban J connectivity index is 2.20. The first-order valence-corrected chi connectivity index (χ1v) is 11.1. The van der Waals surface area contributed by atoms with Gasteiger partial charge in [-0.2, -0.15) is 21.0 Å². The van der Waals surface area contributed by atoms with Crippen LogP contribution in [0.5, 0.6) is 0 Å². The summed E-state index contributed by atoms with van der Waals surface area (Å²) in [6, 6.07) is 17.7. The van der Waals surface area contributed by atoms with E-state index in [1.165, 1.54) is 4.88 Å². The third kappa shape index (κ3) is 4.36. The zero-order valence-electron chi connectivity index (χ0n) is 19.0. The number of hydrogen-bond acceptors (Lipinski definition) is 7. The topological polar surface area (TPSA) is 120 Å². The number of hydrogen-bond donors (Lipinski definition) is 1. The smallest absolute Gasteiger partial charge is 0.158 e. The summed E-state index contributed by atoms with van der Waals surface area (Å²) in [5.41, 5.74) is 3.57. The first-order chi connectivity index (χ1) is 16.4. The van der Waals surface area contributed by atoms with Crippen molar-refractivity contribution in [2.24, 2.45) is 4.99 Å². The molecular formula is C27H20N6S. The molecule has 1 aliphatic carbocycles. The van der Waals surface area contributed by atoms with Gasteiger partial charge in [0.15, 0.2) is 5.71 Å². The van der Waals surface area contributed by atoms with Gasteiger partial charge in [-0.05, 0) is 61.4 Å². The number of benzene rings is 1. The highest BCUT2D eigenvalue weighted by Crippen LogP contribution is 2.45. The largest absolute Gasteiger partial charge is 0.309 e. The van der Waals surface area contributed by atoms with Crippen molar-refractivity contribution in [3.8, 4) is 34.7 Å². The minimum absolute atomic E-state index is 0.0828. The molecule has 1 heterocycles. The highest BCUT2D eigenvalue weighted by atomic mass is 32.1. The Labute approximate surface area is 203 Å². The van der Waals surface area contributed by atoms with Crippen LogP contribution in [0.2, 0.25) is 0 Å². The van der Waals surface area contributed by atoms with E-state index in [0.717, 1.165) is 16.0 Å². The molecule has 2 aromatic rings. The predicted octanol–water partition coefficient (Wildman–Crippen LogP) is 5.84. The second kappa shape index (κ2) is 10.4. The summed E-state index contributed by atoms with van der Waals surface area (Å²) in [4.78, 5) is 6.62. The summed E-state index contributed by atoms with van der Waals surface area (Å²) in [5, 5.41) is 41.0. The third-order valence-corrected chi connectivity index (χ3v) is 6.64. The molecule has 0 fully saturated rings. The van der Waals surface area contributed by atoms with Gasteiger partial charge in [-0.15, -0.1) is 11.3 Å². The average Bonchev–Trinajstić information content (AvgIpc) is 3.45. The lowest BCUT2D eigenvalue weighted by atomic mass is 9.98. The van der Waals surface area contributed by atoms with Gasteiger partial charge in [0, 0.05) is 15.3 Å². The standard InChI is InChI=1S/C27H20N6S/c1-5-6-22(32-4)25-10-9-24(34-25)18-7-8-20-21(11-18)17(3)27(26(20)19(13-29)14-30)33-23(15-31)16(2)12-28/h5-11,22,32H,2H2,1,3-4H3/b6-5-,33-23?. The molecule has 0 saturated carbocycles. The van der Waals surface area contributed by atoms with Crippen molar-refractivity contribution in [1.29, 1.82) is 21.0 Å². The maximum atomic E-state index is 9.57. The zero-order chi connectivity index (χ0) is 24.8. The van der Waals surface area contributed by atoms with E-state index in [-0.39, 0.29) is 22.9 Å². The molecule has 0 aliphatic heterocycles. The molecule has 1 N–H and O–H groups in total. The van der Waals surface area contributed by atoms with Crippen LogP contribution in [0.4, 0.5) is 0 Å². The monoisotopic (exact) mass is 460 g/mol. The molecule has 34 heavy (non-hydrogen) atoms. The van der Waals surface area contributed by atoms with Gasteiger partial charge >= 0.3 is 0 Å². The second-order valence-corrected chi connectivity index (χ2v) is 8.48. The lowest BCUT2D eigenvalue weighted by Crippen LogP contribution is -2.11. The number of aliphatic imine (C=N–C) groups is 1. The average molecular weight is 461 g/mol. The Morgan fingerprint density at radius 2 is 1.79 bits per heavy atom. The van der Waals surface area contributed by atoms with Crippen molar-refractivity contribution in [1.82, 2.24) is 5.32 Å². The van der Waals surface area contributed by atoms with Crippen LogP contribution >= 0.6 is 11.3 Å². The van der Waals surface area contributed by atoms with Crippen LogP contribution in [-0.2, 0) is 0 Å². The van der Waals surface area contributed by atoms with Crippen LogP contribution in [-0.4, -0.2) is 12.8 Å². The van der Waals surface area contributed by atoms with Crippen molar-refractivity contribution in [2.45, 2.75) is 19.9 Å². The number of nitrogens with one attached hydrogen (secondary N) is 1. The SMILES string of the molecule is C=C(C#N)C(C#N)=NC1=C(C)c2cc(-c3ccc(C(/C=C\C)NC)s3)ccc2C1=C(C#N)C#N. The Kier molecular flexibility index (Phi) is 7.37. The van der Waals surface area contributed by atoms with Crippen molar-refractivity contribution in [3.63, 3.8) is 0 Å². The van der Waals surface area contributed by atoms with E-state index in [1.807, 2.05) is 69.4 Å². The fourth-order valence-electron chi connectivity index (χ4n) is 3.72. The number of allylic oxidation sites excluding steroid dienone is 5. The number of thiophene rings is 1. The van der Waals surface area contributed by atoms with Crippen molar-refractivity contribution in [2.75, 3.05) is 7.05 Å². The number of rotatable bonds is 6. The first kappa shape index (κ1) is 24.1. The van der Waals surface area contributed by atoms with E-state index >= 15 is 0 Å². The van der Waals surface area contributed by atoms with E-state index in [9.17, 15) is 15.8 Å². The second-order valence-electron chi connectivity index (χ2n) is 7.36. The maximum Gasteiger partial charge on any atom is 0.158 e. The Hall–Kier alpha value is -4.53. The summed E-state index contributed by atoms with van der Waals surface area (Å²) >= 11 is 1.68. The van der Waals surface area contributed by atoms with E-state index in [2.05, 4.69) is 35.1 Å². The molecule has 1 atom stereocenters. The van der Waals surface area contributed by atoms with Gasteiger partial charge < -0.3 is 5.32 Å². The summed E-state index contributed by atoms with van der Waals surface area (Å²) in [5.74, 6) is 0. The molecular weight excluding hydrogens is 440 g/mol. The quantitative estimate of drug-likeness (QED) is 0.330. The normalized spacial score (nSPS) is 13.6. The number of nitrogens with zero attached hydrogens (tertiary/aromatic N) is 5. The number of fused-ring (bicyclic) bond motifs is 1. The summed E-state index contributed by atoms with van der Waals surface area (Å²) in [6.45, 7) is 7.38. The number of likely N-dealkylation sites (N-methyl/N-ethyl adjacent to an activating group) is 1. The molecule has 1 aromatic heterocycles. The lowest BCUT2D eigenvalue weighted by Gasteiger charge is -2.09. The Morgan fingerprint density at radius 3 is 2.38 bits per heavy atom. The minimum Gasteiger partial charge on any atom is -0.309 e. The highest BCUT2D eigenvalue weighted by Gasteiger charge is 2.28. The zero-order valence-corrected chi connectivity index (χ0v) is 19.8. The van der Waals surface area contributed by atoms with Crippen molar-refractivity contribution >= 4 is 28.2 Å². The molecule has 164 valence electrons. The van der Waals surface area contributed by atoms with Crippen LogP contribution in [0.3, 0.4) is 0 Å². The van der Waals surface area contributed by atoms with E-state index in [0.29, 0.717) is 22.4 Å². The van der Waals surface area contributed by atoms with E-state index in [1.54, 1.807) is 11.3 Å². The molecule has 6 nitrogen and oxygen atoms in total. The molecule has 3 rings (SSSR count). The molecule has 0 amide bonds. The molecule has 7 heteroatoms.